The third-order valence-corrected chi connectivity index (χ3v) is 5.49. The zero-order valence-corrected chi connectivity index (χ0v) is 16.7. The van der Waals surface area contributed by atoms with Gasteiger partial charge in [-0.3, -0.25) is 9.52 Å². The van der Waals surface area contributed by atoms with E-state index in [-0.39, 0.29) is 22.1 Å². The SMILES string of the molecule is COc1ccc(S(=O)(=O)Nc2cc(C(=O)Nc3ccccc3)ccc2OC)cc1. The lowest BCUT2D eigenvalue weighted by atomic mass is 10.1. The summed E-state index contributed by atoms with van der Waals surface area (Å²) in [4.78, 5) is 12.6. The van der Waals surface area contributed by atoms with Crippen LogP contribution < -0.4 is 19.5 Å². The van der Waals surface area contributed by atoms with Crippen LogP contribution in [-0.2, 0) is 10.0 Å². The zero-order valence-electron chi connectivity index (χ0n) is 15.9. The number of methoxy groups -OCH3 is 2. The maximum Gasteiger partial charge on any atom is 0.262 e. The first-order chi connectivity index (χ1) is 13.9. The van der Waals surface area contributed by atoms with Gasteiger partial charge in [0, 0.05) is 11.3 Å². The van der Waals surface area contributed by atoms with Crippen LogP contribution in [0.4, 0.5) is 11.4 Å². The molecule has 0 bridgehead atoms. The van der Waals surface area contributed by atoms with E-state index < -0.39 is 10.0 Å². The summed E-state index contributed by atoms with van der Waals surface area (Å²) in [6, 6.07) is 19.4. The molecule has 1 amide bonds. The molecule has 0 spiro atoms. The summed E-state index contributed by atoms with van der Waals surface area (Å²) in [5.74, 6) is 0.461. The highest BCUT2D eigenvalue weighted by atomic mass is 32.2. The van der Waals surface area contributed by atoms with E-state index in [1.807, 2.05) is 6.07 Å². The van der Waals surface area contributed by atoms with Crippen LogP contribution in [-0.4, -0.2) is 28.5 Å². The van der Waals surface area contributed by atoms with Gasteiger partial charge in [0.2, 0.25) is 0 Å². The highest BCUT2D eigenvalue weighted by Gasteiger charge is 2.18. The van der Waals surface area contributed by atoms with Gasteiger partial charge >= 0.3 is 0 Å². The molecule has 0 unspecified atom stereocenters. The summed E-state index contributed by atoms with van der Waals surface area (Å²) in [6.45, 7) is 0. The largest absolute Gasteiger partial charge is 0.497 e. The van der Waals surface area contributed by atoms with Crippen LogP contribution in [0.2, 0.25) is 0 Å². The molecule has 2 N–H and O–H groups in total. The summed E-state index contributed by atoms with van der Waals surface area (Å²) in [5.41, 5.74) is 1.07. The Balaban J connectivity index is 1.87. The minimum atomic E-state index is -3.89. The van der Waals surface area contributed by atoms with Gasteiger partial charge in [0.1, 0.15) is 11.5 Å². The zero-order chi connectivity index (χ0) is 20.9. The van der Waals surface area contributed by atoms with E-state index in [0.717, 1.165) is 0 Å². The smallest absolute Gasteiger partial charge is 0.262 e. The third-order valence-electron chi connectivity index (χ3n) is 4.11. The van der Waals surface area contributed by atoms with E-state index in [1.54, 1.807) is 42.5 Å². The van der Waals surface area contributed by atoms with Crippen molar-refractivity contribution in [1.82, 2.24) is 0 Å². The average molecular weight is 412 g/mol. The van der Waals surface area contributed by atoms with E-state index >= 15 is 0 Å². The number of benzene rings is 3. The van der Waals surface area contributed by atoms with Gasteiger partial charge in [-0.25, -0.2) is 8.42 Å². The Hall–Kier alpha value is -3.52. The minimum absolute atomic E-state index is 0.0551. The molecule has 0 aromatic heterocycles. The number of carbonyl (C=O) groups is 1. The van der Waals surface area contributed by atoms with Gasteiger partial charge in [-0.1, -0.05) is 18.2 Å². The predicted molar refractivity (Wildman–Crippen MR) is 111 cm³/mol. The number of hydrogen-bond donors (Lipinski definition) is 2. The number of rotatable bonds is 7. The first-order valence-corrected chi connectivity index (χ1v) is 10.1. The normalized spacial score (nSPS) is 10.8. The molecule has 0 aliphatic heterocycles. The van der Waals surface area contributed by atoms with Gasteiger partial charge in [0.05, 0.1) is 24.8 Å². The van der Waals surface area contributed by atoms with Gasteiger partial charge in [0.25, 0.3) is 15.9 Å². The van der Waals surface area contributed by atoms with Gasteiger partial charge < -0.3 is 14.8 Å². The Morgan fingerprint density at radius 3 is 2.17 bits per heavy atom. The maximum atomic E-state index is 12.7. The Morgan fingerprint density at radius 2 is 1.55 bits per heavy atom. The molecule has 0 aliphatic rings. The van der Waals surface area contributed by atoms with Gasteiger partial charge in [-0.15, -0.1) is 0 Å². The molecule has 0 radical (unpaired) electrons. The molecular weight excluding hydrogens is 392 g/mol. The van der Waals surface area contributed by atoms with Crippen LogP contribution in [0.5, 0.6) is 11.5 Å². The Morgan fingerprint density at radius 1 is 0.862 bits per heavy atom. The number of anilines is 2. The fourth-order valence-corrected chi connectivity index (χ4v) is 3.67. The molecule has 0 fully saturated rings. The Bertz CT molecular complexity index is 1100. The van der Waals surface area contributed by atoms with Crippen LogP contribution in [0.1, 0.15) is 10.4 Å². The van der Waals surface area contributed by atoms with Crippen molar-refractivity contribution in [2.24, 2.45) is 0 Å². The second-order valence-electron chi connectivity index (χ2n) is 6.02. The minimum Gasteiger partial charge on any atom is -0.497 e. The lowest BCUT2D eigenvalue weighted by Gasteiger charge is -2.14. The summed E-state index contributed by atoms with van der Waals surface area (Å²) in [6.07, 6.45) is 0. The van der Waals surface area contributed by atoms with Crippen LogP contribution >= 0.6 is 0 Å². The molecule has 3 aromatic carbocycles. The summed E-state index contributed by atoms with van der Waals surface area (Å²) in [7, 11) is -0.970. The van der Waals surface area contributed by atoms with Crippen molar-refractivity contribution in [1.29, 1.82) is 0 Å². The third kappa shape index (κ3) is 4.85. The molecule has 8 heteroatoms. The molecule has 29 heavy (non-hydrogen) atoms. The van der Waals surface area contributed by atoms with E-state index in [0.29, 0.717) is 17.2 Å². The molecular formula is C21H20N2O5S. The van der Waals surface area contributed by atoms with Crippen LogP contribution in [0.25, 0.3) is 0 Å². The Labute approximate surface area is 169 Å². The van der Waals surface area contributed by atoms with Crippen molar-refractivity contribution in [3.63, 3.8) is 0 Å². The van der Waals surface area contributed by atoms with E-state index in [9.17, 15) is 13.2 Å². The van der Waals surface area contributed by atoms with Crippen molar-refractivity contribution in [2.75, 3.05) is 24.3 Å². The van der Waals surface area contributed by atoms with E-state index in [1.165, 1.54) is 38.5 Å². The number of nitrogens with one attached hydrogen (secondary N) is 2. The first kappa shape index (κ1) is 20.2. The van der Waals surface area contributed by atoms with E-state index in [4.69, 9.17) is 9.47 Å². The van der Waals surface area contributed by atoms with Crippen LogP contribution in [0.3, 0.4) is 0 Å². The fraction of sp³-hybridized carbons (Fsp3) is 0.0952. The molecule has 0 heterocycles. The van der Waals surface area contributed by atoms with Gasteiger partial charge in [-0.2, -0.15) is 0 Å². The van der Waals surface area contributed by atoms with E-state index in [2.05, 4.69) is 10.0 Å². The van der Waals surface area contributed by atoms with Crippen molar-refractivity contribution in [3.8, 4) is 11.5 Å². The predicted octanol–water partition coefficient (Wildman–Crippen LogP) is 3.76. The number of carbonyl (C=O) groups excluding carboxylic acids is 1. The highest BCUT2D eigenvalue weighted by Crippen LogP contribution is 2.29. The summed E-state index contributed by atoms with van der Waals surface area (Å²) < 4.78 is 38.2. The van der Waals surface area contributed by atoms with Crippen molar-refractivity contribution in [3.05, 3.63) is 78.4 Å². The van der Waals surface area contributed by atoms with Gasteiger partial charge in [0.15, 0.2) is 0 Å². The monoisotopic (exact) mass is 412 g/mol. The molecule has 0 atom stereocenters. The van der Waals surface area contributed by atoms with Crippen LogP contribution in [0.15, 0.2) is 77.7 Å². The maximum absolute atomic E-state index is 12.7. The number of hydrogen-bond acceptors (Lipinski definition) is 5. The quantitative estimate of drug-likeness (QED) is 0.616. The standard InChI is InChI=1S/C21H20N2O5S/c1-27-17-9-11-18(12-10-17)29(25,26)23-19-14-15(8-13-20(19)28-2)21(24)22-16-6-4-3-5-7-16/h3-14,23H,1-2H3,(H,22,24). The highest BCUT2D eigenvalue weighted by molar-refractivity contribution is 7.92. The molecule has 0 saturated heterocycles. The van der Waals surface area contributed by atoms with Crippen molar-refractivity contribution >= 4 is 27.3 Å². The molecule has 7 nitrogen and oxygen atoms in total. The molecule has 150 valence electrons. The topological polar surface area (TPSA) is 93.7 Å². The second kappa shape index (κ2) is 8.66. The first-order valence-electron chi connectivity index (χ1n) is 8.64. The fourth-order valence-electron chi connectivity index (χ4n) is 2.61. The Kier molecular flexibility index (Phi) is 6.04. The number of ether oxygens (including phenoxy) is 2. The lowest BCUT2D eigenvalue weighted by Crippen LogP contribution is -2.16. The molecule has 3 aromatic rings. The number of para-hydroxylation sites is 1. The second-order valence-corrected chi connectivity index (χ2v) is 7.70. The molecule has 0 aliphatic carbocycles. The lowest BCUT2D eigenvalue weighted by molar-refractivity contribution is 0.102. The van der Waals surface area contributed by atoms with Crippen molar-refractivity contribution in [2.45, 2.75) is 4.90 Å². The average Bonchev–Trinajstić information content (AvgIpc) is 2.74. The van der Waals surface area contributed by atoms with Crippen molar-refractivity contribution < 1.29 is 22.7 Å². The van der Waals surface area contributed by atoms with Gasteiger partial charge in [-0.05, 0) is 54.6 Å². The summed E-state index contributed by atoms with van der Waals surface area (Å²) in [5, 5.41) is 2.76. The van der Waals surface area contributed by atoms with Crippen LogP contribution in [0, 0.1) is 0 Å². The number of sulfonamides is 1. The summed E-state index contributed by atoms with van der Waals surface area (Å²) >= 11 is 0. The molecule has 0 saturated carbocycles. The number of amides is 1. The molecule has 3 rings (SSSR count).